The third kappa shape index (κ3) is 4.21. The van der Waals surface area contributed by atoms with Crippen molar-refractivity contribution in [3.63, 3.8) is 0 Å². The lowest BCUT2D eigenvalue weighted by molar-refractivity contribution is 0.737. The molecule has 0 radical (unpaired) electrons. The molecule has 0 aliphatic rings. The highest BCUT2D eigenvalue weighted by molar-refractivity contribution is 5.42. The Morgan fingerprint density at radius 2 is 1.93 bits per heavy atom. The molecule has 80 valence electrons. The van der Waals surface area contributed by atoms with E-state index in [1.54, 1.807) is 0 Å². The van der Waals surface area contributed by atoms with Gasteiger partial charge < -0.3 is 0 Å². The van der Waals surface area contributed by atoms with Crippen molar-refractivity contribution < 1.29 is 0 Å². The van der Waals surface area contributed by atoms with Crippen molar-refractivity contribution >= 4 is 0 Å². The van der Waals surface area contributed by atoms with Gasteiger partial charge in [-0.15, -0.1) is 0 Å². The van der Waals surface area contributed by atoms with Crippen molar-refractivity contribution in [2.45, 2.75) is 46.5 Å². The largest absolute Gasteiger partial charge is 0.0979 e. The molecule has 0 bridgehead atoms. The minimum atomic E-state index is 1.03. The Hall–Kier alpha value is -1.22. The summed E-state index contributed by atoms with van der Waals surface area (Å²) in [6.07, 6.45) is 4.82. The van der Waals surface area contributed by atoms with Crippen LogP contribution in [0.3, 0.4) is 0 Å². The lowest BCUT2D eigenvalue weighted by Gasteiger charge is -1.98. The fourth-order valence-corrected chi connectivity index (χ4v) is 1.49. The molecule has 0 aromatic heterocycles. The molecule has 0 aliphatic heterocycles. The number of hydrogen-bond donors (Lipinski definition) is 0. The summed E-state index contributed by atoms with van der Waals surface area (Å²) in [7, 11) is 0. The fraction of sp³-hybridized carbons (Fsp3) is 0.467. The van der Waals surface area contributed by atoms with E-state index in [1.165, 1.54) is 36.0 Å². The zero-order chi connectivity index (χ0) is 11.1. The molecule has 0 atom stereocenters. The normalized spacial score (nSPS) is 9.53. The molecule has 1 aromatic carbocycles. The monoisotopic (exact) mass is 200 g/mol. The lowest BCUT2D eigenvalue weighted by atomic mass is 10.1. The SMILES string of the molecule is CCCCCC#Cc1cc(C)ccc1C. The van der Waals surface area contributed by atoms with Gasteiger partial charge in [0, 0.05) is 12.0 Å². The number of unbranched alkanes of at least 4 members (excludes halogenated alkanes) is 3. The van der Waals surface area contributed by atoms with Gasteiger partial charge in [0.15, 0.2) is 0 Å². The van der Waals surface area contributed by atoms with Crippen LogP contribution in [0.1, 0.15) is 49.3 Å². The van der Waals surface area contributed by atoms with Gasteiger partial charge in [0.05, 0.1) is 0 Å². The van der Waals surface area contributed by atoms with Gasteiger partial charge in [-0.05, 0) is 37.5 Å². The van der Waals surface area contributed by atoms with Crippen LogP contribution >= 0.6 is 0 Å². The summed E-state index contributed by atoms with van der Waals surface area (Å²) in [6.45, 7) is 6.45. The Kier molecular flexibility index (Phi) is 4.98. The number of hydrogen-bond acceptors (Lipinski definition) is 0. The van der Waals surface area contributed by atoms with E-state index in [9.17, 15) is 0 Å². The molecule has 0 nitrogen and oxygen atoms in total. The molecule has 0 fully saturated rings. The van der Waals surface area contributed by atoms with E-state index in [0.29, 0.717) is 0 Å². The second-order valence-corrected chi connectivity index (χ2v) is 4.08. The number of benzene rings is 1. The van der Waals surface area contributed by atoms with Crippen molar-refractivity contribution in [1.82, 2.24) is 0 Å². The maximum Gasteiger partial charge on any atom is 0.0277 e. The molecule has 0 N–H and O–H groups in total. The van der Waals surface area contributed by atoms with Gasteiger partial charge >= 0.3 is 0 Å². The predicted octanol–water partition coefficient (Wildman–Crippen LogP) is 4.24. The quantitative estimate of drug-likeness (QED) is 0.506. The standard InChI is InChI=1S/C15H20/c1-4-5-6-7-8-9-15-12-13(2)10-11-14(15)3/h10-12H,4-7H2,1-3H3. The van der Waals surface area contributed by atoms with E-state index in [0.717, 1.165) is 6.42 Å². The van der Waals surface area contributed by atoms with E-state index < -0.39 is 0 Å². The molecule has 0 aliphatic carbocycles. The molecular formula is C15H20. The molecule has 0 amide bonds. The molecule has 0 spiro atoms. The second kappa shape index (κ2) is 6.30. The Balaban J connectivity index is 2.59. The van der Waals surface area contributed by atoms with Crippen molar-refractivity contribution in [1.29, 1.82) is 0 Å². The van der Waals surface area contributed by atoms with Gasteiger partial charge in [0.25, 0.3) is 0 Å². The summed E-state index contributed by atoms with van der Waals surface area (Å²) in [6, 6.07) is 6.45. The van der Waals surface area contributed by atoms with E-state index in [2.05, 4.69) is 50.8 Å². The first-order chi connectivity index (χ1) is 7.24. The van der Waals surface area contributed by atoms with Crippen LogP contribution in [0.2, 0.25) is 0 Å². The second-order valence-electron chi connectivity index (χ2n) is 4.08. The van der Waals surface area contributed by atoms with E-state index in [4.69, 9.17) is 0 Å². The zero-order valence-electron chi connectivity index (χ0n) is 10.1. The first-order valence-electron chi connectivity index (χ1n) is 5.80. The maximum atomic E-state index is 3.26. The molecule has 0 heteroatoms. The minimum absolute atomic E-state index is 1.03. The average Bonchev–Trinajstić information content (AvgIpc) is 2.23. The van der Waals surface area contributed by atoms with Crippen LogP contribution in [0.5, 0.6) is 0 Å². The van der Waals surface area contributed by atoms with Crippen molar-refractivity contribution in [2.24, 2.45) is 0 Å². The summed E-state index contributed by atoms with van der Waals surface area (Å²) >= 11 is 0. The summed E-state index contributed by atoms with van der Waals surface area (Å²) in [5.41, 5.74) is 3.76. The Morgan fingerprint density at radius 1 is 1.13 bits per heavy atom. The van der Waals surface area contributed by atoms with E-state index in [1.807, 2.05) is 0 Å². The van der Waals surface area contributed by atoms with Crippen LogP contribution in [0, 0.1) is 25.7 Å². The zero-order valence-corrected chi connectivity index (χ0v) is 10.1. The highest BCUT2D eigenvalue weighted by Gasteiger charge is 1.93. The van der Waals surface area contributed by atoms with Crippen LogP contribution in [-0.2, 0) is 0 Å². The topological polar surface area (TPSA) is 0 Å². The third-order valence-corrected chi connectivity index (χ3v) is 2.52. The van der Waals surface area contributed by atoms with Crippen LogP contribution in [-0.4, -0.2) is 0 Å². The third-order valence-electron chi connectivity index (χ3n) is 2.52. The number of aryl methyl sites for hydroxylation is 2. The first kappa shape index (κ1) is 11.9. The van der Waals surface area contributed by atoms with Crippen LogP contribution in [0.25, 0.3) is 0 Å². The van der Waals surface area contributed by atoms with Gasteiger partial charge in [0.2, 0.25) is 0 Å². The average molecular weight is 200 g/mol. The molecule has 0 saturated carbocycles. The molecule has 0 saturated heterocycles. The summed E-state index contributed by atoms with van der Waals surface area (Å²) in [5, 5.41) is 0. The van der Waals surface area contributed by atoms with Crippen LogP contribution < -0.4 is 0 Å². The predicted molar refractivity (Wildman–Crippen MR) is 66.9 cm³/mol. The first-order valence-corrected chi connectivity index (χ1v) is 5.80. The molecule has 1 rings (SSSR count). The Labute approximate surface area is 93.7 Å². The highest BCUT2D eigenvalue weighted by Crippen LogP contribution is 2.09. The molecule has 0 unspecified atom stereocenters. The summed E-state index contributed by atoms with van der Waals surface area (Å²) in [4.78, 5) is 0. The fourth-order valence-electron chi connectivity index (χ4n) is 1.49. The summed E-state index contributed by atoms with van der Waals surface area (Å²) in [5.74, 6) is 6.52. The van der Waals surface area contributed by atoms with Crippen molar-refractivity contribution in [3.8, 4) is 11.8 Å². The van der Waals surface area contributed by atoms with Gasteiger partial charge in [-0.2, -0.15) is 0 Å². The lowest BCUT2D eigenvalue weighted by Crippen LogP contribution is -1.83. The minimum Gasteiger partial charge on any atom is -0.0979 e. The highest BCUT2D eigenvalue weighted by atomic mass is 14.0. The van der Waals surface area contributed by atoms with Crippen molar-refractivity contribution in [3.05, 3.63) is 34.9 Å². The smallest absolute Gasteiger partial charge is 0.0277 e. The van der Waals surface area contributed by atoms with E-state index in [-0.39, 0.29) is 0 Å². The van der Waals surface area contributed by atoms with Gasteiger partial charge in [0.1, 0.15) is 0 Å². The van der Waals surface area contributed by atoms with Gasteiger partial charge in [-0.25, -0.2) is 0 Å². The van der Waals surface area contributed by atoms with E-state index >= 15 is 0 Å². The van der Waals surface area contributed by atoms with Crippen LogP contribution in [0.15, 0.2) is 18.2 Å². The van der Waals surface area contributed by atoms with Crippen molar-refractivity contribution in [2.75, 3.05) is 0 Å². The molecular weight excluding hydrogens is 180 g/mol. The molecule has 0 heterocycles. The molecule has 15 heavy (non-hydrogen) atoms. The van der Waals surface area contributed by atoms with Gasteiger partial charge in [-0.1, -0.05) is 43.7 Å². The molecule has 1 aromatic rings. The number of rotatable bonds is 3. The Morgan fingerprint density at radius 3 is 2.67 bits per heavy atom. The van der Waals surface area contributed by atoms with Gasteiger partial charge in [-0.3, -0.25) is 0 Å². The van der Waals surface area contributed by atoms with Crippen LogP contribution in [0.4, 0.5) is 0 Å². The maximum absolute atomic E-state index is 3.26. The summed E-state index contributed by atoms with van der Waals surface area (Å²) < 4.78 is 0. The Bertz CT molecular complexity index is 363.